The van der Waals surface area contributed by atoms with Crippen molar-refractivity contribution in [3.8, 4) is 5.75 Å². The molecule has 1 unspecified atom stereocenters. The Bertz CT molecular complexity index is 1150. The van der Waals surface area contributed by atoms with Crippen LogP contribution in [0.25, 0.3) is 0 Å². The molecule has 1 N–H and O–H groups in total. The monoisotopic (exact) mass is 519 g/mol. The largest absolute Gasteiger partial charge is 0.484 e. The maximum absolute atomic E-state index is 12.4. The van der Waals surface area contributed by atoms with Gasteiger partial charge in [-0.1, -0.05) is 49.7 Å². The molecule has 4 atom stereocenters. The summed E-state index contributed by atoms with van der Waals surface area (Å²) in [4.78, 5) is 12.4. The van der Waals surface area contributed by atoms with Gasteiger partial charge in [0.2, 0.25) is 0 Å². The highest BCUT2D eigenvalue weighted by Gasteiger charge is 2.39. The van der Waals surface area contributed by atoms with Gasteiger partial charge in [-0.2, -0.15) is 0 Å². The fourth-order valence-electron chi connectivity index (χ4n) is 5.21. The van der Waals surface area contributed by atoms with Crippen LogP contribution in [-0.4, -0.2) is 44.6 Å². The molecule has 2 saturated heterocycles. The first-order chi connectivity index (χ1) is 16.5. The molecule has 0 bridgehead atoms. The van der Waals surface area contributed by atoms with Crippen molar-refractivity contribution in [3.05, 3.63) is 64.7 Å². The van der Waals surface area contributed by atoms with Crippen LogP contribution < -0.4 is 10.1 Å². The summed E-state index contributed by atoms with van der Waals surface area (Å²) in [6.07, 6.45) is 1.38. The lowest BCUT2D eigenvalue weighted by molar-refractivity contribution is -0.124. The van der Waals surface area contributed by atoms with E-state index in [-0.39, 0.29) is 30.1 Å². The molecular formula is C27H34ClNO5S. The molecule has 0 aliphatic carbocycles. The van der Waals surface area contributed by atoms with E-state index in [9.17, 15) is 13.2 Å². The maximum atomic E-state index is 12.4. The van der Waals surface area contributed by atoms with Crippen molar-refractivity contribution in [1.29, 1.82) is 0 Å². The third kappa shape index (κ3) is 6.57. The Balaban J connectivity index is 1.39. The molecule has 0 radical (unpaired) electrons. The summed E-state index contributed by atoms with van der Waals surface area (Å²) in [6.45, 7) is 6.67. The molecule has 2 fully saturated rings. The van der Waals surface area contributed by atoms with E-state index in [2.05, 4.69) is 31.3 Å². The fraction of sp³-hybridized carbons (Fsp3) is 0.519. The first kappa shape index (κ1) is 26.0. The maximum Gasteiger partial charge on any atom is 0.258 e. The molecule has 4 rings (SSSR count). The van der Waals surface area contributed by atoms with Crippen molar-refractivity contribution in [1.82, 2.24) is 5.32 Å². The summed E-state index contributed by atoms with van der Waals surface area (Å²) >= 11 is 6.06. The van der Waals surface area contributed by atoms with Crippen LogP contribution in [0.5, 0.6) is 5.75 Å². The second-order valence-electron chi connectivity index (χ2n) is 10.5. The summed E-state index contributed by atoms with van der Waals surface area (Å²) in [6, 6.07) is 15.7. The average Bonchev–Trinajstić information content (AvgIpc) is 3.10. The van der Waals surface area contributed by atoms with Crippen LogP contribution in [0, 0.1) is 11.8 Å². The summed E-state index contributed by atoms with van der Waals surface area (Å²) < 4.78 is 35.8. The van der Waals surface area contributed by atoms with Crippen LogP contribution >= 0.6 is 11.6 Å². The summed E-state index contributed by atoms with van der Waals surface area (Å²) in [7, 11) is -3.10. The lowest BCUT2D eigenvalue weighted by Crippen LogP contribution is -2.48. The van der Waals surface area contributed by atoms with Gasteiger partial charge in [-0.05, 0) is 67.0 Å². The Morgan fingerprint density at radius 3 is 2.60 bits per heavy atom. The van der Waals surface area contributed by atoms with Crippen molar-refractivity contribution in [3.63, 3.8) is 0 Å². The minimum Gasteiger partial charge on any atom is -0.484 e. The Hall–Kier alpha value is -2.09. The quantitative estimate of drug-likeness (QED) is 0.561. The van der Waals surface area contributed by atoms with Crippen LogP contribution in [0.3, 0.4) is 0 Å². The van der Waals surface area contributed by atoms with Crippen LogP contribution in [0.2, 0.25) is 5.02 Å². The first-order valence-electron chi connectivity index (χ1n) is 12.1. The van der Waals surface area contributed by atoms with Crippen molar-refractivity contribution in [2.24, 2.45) is 11.8 Å². The minimum atomic E-state index is -3.10. The van der Waals surface area contributed by atoms with Gasteiger partial charge >= 0.3 is 0 Å². The molecule has 190 valence electrons. The number of carbonyl (C=O) groups excluding carboxylic acids is 1. The fourth-order valence-corrected chi connectivity index (χ4v) is 7.43. The summed E-state index contributed by atoms with van der Waals surface area (Å²) in [5, 5.41) is 3.56. The number of rotatable bonds is 7. The van der Waals surface area contributed by atoms with E-state index in [4.69, 9.17) is 21.1 Å². The van der Waals surface area contributed by atoms with E-state index in [1.165, 1.54) is 5.56 Å². The number of halogens is 1. The lowest BCUT2D eigenvalue weighted by Gasteiger charge is -2.39. The Morgan fingerprint density at radius 2 is 1.94 bits per heavy atom. The predicted octanol–water partition coefficient (Wildman–Crippen LogP) is 4.93. The number of amides is 1. The molecule has 0 aromatic heterocycles. The minimum absolute atomic E-state index is 0.0339. The first-order valence-corrected chi connectivity index (χ1v) is 14.3. The molecule has 0 spiro atoms. The van der Waals surface area contributed by atoms with Gasteiger partial charge in [-0.25, -0.2) is 8.42 Å². The molecule has 2 aromatic rings. The molecule has 2 aliphatic rings. The van der Waals surface area contributed by atoms with Crippen LogP contribution in [0.15, 0.2) is 48.5 Å². The average molecular weight is 520 g/mol. The van der Waals surface area contributed by atoms with E-state index in [1.807, 2.05) is 36.4 Å². The van der Waals surface area contributed by atoms with Crippen molar-refractivity contribution < 1.29 is 22.7 Å². The number of sulfone groups is 1. The van der Waals surface area contributed by atoms with Gasteiger partial charge in [-0.15, -0.1) is 0 Å². The predicted molar refractivity (Wildman–Crippen MR) is 138 cm³/mol. The van der Waals surface area contributed by atoms with Gasteiger partial charge in [0.1, 0.15) is 5.75 Å². The van der Waals surface area contributed by atoms with Gasteiger partial charge < -0.3 is 14.8 Å². The van der Waals surface area contributed by atoms with E-state index in [0.29, 0.717) is 36.5 Å². The van der Waals surface area contributed by atoms with Gasteiger partial charge in [0.15, 0.2) is 16.4 Å². The van der Waals surface area contributed by atoms with Gasteiger partial charge in [0, 0.05) is 10.9 Å². The highest BCUT2D eigenvalue weighted by Crippen LogP contribution is 2.44. The number of hydrogen-bond acceptors (Lipinski definition) is 5. The smallest absolute Gasteiger partial charge is 0.258 e. The number of ether oxygens (including phenoxy) is 2. The zero-order valence-electron chi connectivity index (χ0n) is 20.5. The normalized spacial score (nSPS) is 28.1. The molecule has 6 nitrogen and oxygen atoms in total. The molecule has 2 aromatic carbocycles. The van der Waals surface area contributed by atoms with E-state index in [0.717, 1.165) is 17.0 Å². The zero-order chi connectivity index (χ0) is 25.2. The second kappa shape index (κ2) is 10.5. The number of carbonyl (C=O) groups is 1. The Labute approximate surface area is 213 Å². The summed E-state index contributed by atoms with van der Waals surface area (Å²) in [5.74, 6) is 1.40. The number of benzene rings is 2. The molecular weight excluding hydrogens is 486 g/mol. The molecule has 2 heterocycles. The molecule has 1 amide bonds. The van der Waals surface area contributed by atoms with Crippen LogP contribution in [0.4, 0.5) is 0 Å². The van der Waals surface area contributed by atoms with Crippen LogP contribution in [-0.2, 0) is 19.4 Å². The molecule has 35 heavy (non-hydrogen) atoms. The standard InChI is InChI=1S/C27H34ClNO5S/c1-18(2)24-14-21(19-7-9-22(28)10-8-19)15-34-26(24)20-5-4-6-23(13-20)33-16-25(30)29-27(3)11-12-35(31,32)17-27/h4-10,13,18,21,24,26H,11-12,14-17H2,1-3H3,(H,29,30)/t21-,24-,26-,27?/m0/s1. The Kier molecular flexibility index (Phi) is 7.79. The van der Waals surface area contributed by atoms with Crippen molar-refractivity contribution in [2.45, 2.75) is 51.2 Å². The third-order valence-electron chi connectivity index (χ3n) is 7.12. The SMILES string of the molecule is CC(C)[C@@H]1C[C@H](c2ccc(Cl)cc2)CO[C@H]1c1cccc(OCC(=O)NC2(C)CCS(=O)(=O)C2)c1. The van der Waals surface area contributed by atoms with Gasteiger partial charge in [-0.3, -0.25) is 4.79 Å². The topological polar surface area (TPSA) is 81.7 Å². The molecule has 0 saturated carbocycles. The van der Waals surface area contributed by atoms with E-state index >= 15 is 0 Å². The molecule has 8 heteroatoms. The highest BCUT2D eigenvalue weighted by molar-refractivity contribution is 7.91. The van der Waals surface area contributed by atoms with Crippen molar-refractivity contribution >= 4 is 27.3 Å². The van der Waals surface area contributed by atoms with Gasteiger partial charge in [0.05, 0.1) is 29.8 Å². The van der Waals surface area contributed by atoms with E-state index in [1.54, 1.807) is 6.92 Å². The Morgan fingerprint density at radius 1 is 1.20 bits per heavy atom. The van der Waals surface area contributed by atoms with Gasteiger partial charge in [0.25, 0.3) is 5.91 Å². The molecule has 2 aliphatic heterocycles. The number of nitrogens with one attached hydrogen (secondary N) is 1. The number of hydrogen-bond donors (Lipinski definition) is 1. The lowest BCUT2D eigenvalue weighted by atomic mass is 9.76. The van der Waals surface area contributed by atoms with Crippen molar-refractivity contribution in [2.75, 3.05) is 24.7 Å². The van der Waals surface area contributed by atoms with E-state index < -0.39 is 15.4 Å². The third-order valence-corrected chi connectivity index (χ3v) is 9.28. The summed E-state index contributed by atoms with van der Waals surface area (Å²) in [5.41, 5.74) is 1.54. The second-order valence-corrected chi connectivity index (χ2v) is 13.1. The van der Waals surface area contributed by atoms with Crippen LogP contribution in [0.1, 0.15) is 56.8 Å². The zero-order valence-corrected chi connectivity index (χ0v) is 22.1. The highest BCUT2D eigenvalue weighted by atomic mass is 35.5.